The summed E-state index contributed by atoms with van der Waals surface area (Å²) in [6, 6.07) is 0.246. The number of carbonyl (C=O) groups is 1. The van der Waals surface area contributed by atoms with E-state index < -0.39 is 5.54 Å². The van der Waals surface area contributed by atoms with E-state index in [1.54, 1.807) is 6.20 Å². The first-order valence-corrected chi connectivity index (χ1v) is 5.93. The molecule has 1 aliphatic rings. The summed E-state index contributed by atoms with van der Waals surface area (Å²) in [5, 5.41) is 0. The van der Waals surface area contributed by atoms with Crippen LogP contribution in [-0.4, -0.2) is 28.2 Å². The van der Waals surface area contributed by atoms with E-state index in [1.165, 1.54) is 7.11 Å². The van der Waals surface area contributed by atoms with Gasteiger partial charge in [0.2, 0.25) is 0 Å². The Kier molecular flexibility index (Phi) is 3.19. The first kappa shape index (κ1) is 12.1. The van der Waals surface area contributed by atoms with E-state index in [9.17, 15) is 4.79 Å². The van der Waals surface area contributed by atoms with Crippen LogP contribution in [0, 0.1) is 6.92 Å². The van der Waals surface area contributed by atoms with Gasteiger partial charge in [0.15, 0.2) is 0 Å². The Bertz CT molecular complexity index is 416. The van der Waals surface area contributed by atoms with Gasteiger partial charge in [-0.3, -0.25) is 4.79 Å². The molecular weight excluding hydrogens is 218 g/mol. The van der Waals surface area contributed by atoms with Crippen LogP contribution in [0.1, 0.15) is 37.5 Å². The molecule has 0 aliphatic heterocycles. The van der Waals surface area contributed by atoms with Gasteiger partial charge in [-0.15, -0.1) is 0 Å². The molecule has 1 aliphatic carbocycles. The second-order valence-corrected chi connectivity index (χ2v) is 4.78. The third-order valence-electron chi connectivity index (χ3n) is 3.61. The Balaban J connectivity index is 2.18. The van der Waals surface area contributed by atoms with Crippen LogP contribution in [-0.2, 0) is 9.53 Å². The van der Waals surface area contributed by atoms with Crippen molar-refractivity contribution in [2.75, 3.05) is 7.11 Å². The quantitative estimate of drug-likeness (QED) is 0.784. The zero-order valence-electron chi connectivity index (χ0n) is 10.3. The summed E-state index contributed by atoms with van der Waals surface area (Å²) in [7, 11) is 1.39. The molecule has 0 radical (unpaired) electrons. The average molecular weight is 237 g/mol. The van der Waals surface area contributed by atoms with E-state index in [0.717, 1.165) is 18.7 Å². The molecule has 1 saturated carbocycles. The number of rotatable bonds is 2. The van der Waals surface area contributed by atoms with Gasteiger partial charge in [-0.1, -0.05) is 0 Å². The van der Waals surface area contributed by atoms with Crippen LogP contribution in [0.15, 0.2) is 12.4 Å². The minimum absolute atomic E-state index is 0.246. The summed E-state index contributed by atoms with van der Waals surface area (Å²) in [6.07, 6.45) is 7.02. The van der Waals surface area contributed by atoms with Gasteiger partial charge in [0.1, 0.15) is 11.4 Å². The topological polar surface area (TPSA) is 70.1 Å². The van der Waals surface area contributed by atoms with Crippen LogP contribution in [0.5, 0.6) is 0 Å². The summed E-state index contributed by atoms with van der Waals surface area (Å²) in [5.74, 6) is 0.657. The third-order valence-corrected chi connectivity index (χ3v) is 3.61. The predicted octanol–water partition coefficient (Wildman–Crippen LogP) is 1.18. The highest BCUT2D eigenvalue weighted by molar-refractivity contribution is 5.80. The van der Waals surface area contributed by atoms with E-state index >= 15 is 0 Å². The summed E-state index contributed by atoms with van der Waals surface area (Å²) in [4.78, 5) is 15.9. The predicted molar refractivity (Wildman–Crippen MR) is 63.4 cm³/mol. The van der Waals surface area contributed by atoms with Crippen LogP contribution < -0.4 is 5.73 Å². The van der Waals surface area contributed by atoms with Gasteiger partial charge < -0.3 is 15.0 Å². The molecule has 1 aromatic heterocycles. The van der Waals surface area contributed by atoms with Crippen LogP contribution in [0.25, 0.3) is 0 Å². The van der Waals surface area contributed by atoms with Crippen molar-refractivity contribution in [1.82, 2.24) is 9.55 Å². The van der Waals surface area contributed by atoms with Crippen LogP contribution in [0.2, 0.25) is 0 Å². The first-order valence-electron chi connectivity index (χ1n) is 5.93. The number of carbonyl (C=O) groups excluding carboxylic acids is 1. The summed E-state index contributed by atoms with van der Waals surface area (Å²) in [5.41, 5.74) is 5.31. The number of hydrogen-bond donors (Lipinski definition) is 1. The third kappa shape index (κ3) is 2.20. The number of hydrogen-bond acceptors (Lipinski definition) is 4. The van der Waals surface area contributed by atoms with Crippen LogP contribution in [0.3, 0.4) is 0 Å². The maximum Gasteiger partial charge on any atom is 0.325 e. The largest absolute Gasteiger partial charge is 0.468 e. The lowest BCUT2D eigenvalue weighted by atomic mass is 9.79. The lowest BCUT2D eigenvalue weighted by Gasteiger charge is -2.36. The molecule has 0 amide bonds. The molecule has 1 heterocycles. The maximum absolute atomic E-state index is 11.7. The molecule has 0 spiro atoms. The number of nitrogens with two attached hydrogens (primary N) is 1. The van der Waals surface area contributed by atoms with Crippen LogP contribution >= 0.6 is 0 Å². The molecule has 2 unspecified atom stereocenters. The molecule has 1 fully saturated rings. The smallest absolute Gasteiger partial charge is 0.325 e. The van der Waals surface area contributed by atoms with E-state index in [0.29, 0.717) is 12.8 Å². The molecule has 2 rings (SSSR count). The molecular formula is C12H19N3O2. The number of esters is 1. The minimum Gasteiger partial charge on any atom is -0.468 e. The molecule has 94 valence electrons. The fourth-order valence-corrected chi connectivity index (χ4v) is 2.68. The lowest BCUT2D eigenvalue weighted by molar-refractivity contribution is -0.148. The molecule has 0 aromatic carbocycles. The van der Waals surface area contributed by atoms with Crippen molar-refractivity contribution in [3.8, 4) is 0 Å². The first-order chi connectivity index (χ1) is 8.07. The Hall–Kier alpha value is -1.36. The van der Waals surface area contributed by atoms with Gasteiger partial charge in [0.25, 0.3) is 0 Å². The van der Waals surface area contributed by atoms with E-state index in [4.69, 9.17) is 10.5 Å². The highest BCUT2D eigenvalue weighted by Gasteiger charge is 2.40. The van der Waals surface area contributed by atoms with Crippen molar-refractivity contribution in [3.05, 3.63) is 18.2 Å². The average Bonchev–Trinajstić information content (AvgIpc) is 2.74. The van der Waals surface area contributed by atoms with Gasteiger partial charge >= 0.3 is 5.97 Å². The van der Waals surface area contributed by atoms with Crippen molar-refractivity contribution >= 4 is 5.97 Å². The highest BCUT2D eigenvalue weighted by atomic mass is 16.5. The molecule has 1 aromatic rings. The number of aryl methyl sites for hydroxylation is 1. The van der Waals surface area contributed by atoms with Crippen molar-refractivity contribution in [2.45, 2.75) is 44.2 Å². The molecule has 2 N–H and O–H groups in total. The lowest BCUT2D eigenvalue weighted by Crippen LogP contribution is -2.52. The number of nitrogens with zero attached hydrogens (tertiary/aromatic N) is 2. The molecule has 0 bridgehead atoms. The van der Waals surface area contributed by atoms with Gasteiger partial charge in [0.05, 0.1) is 7.11 Å². The highest BCUT2D eigenvalue weighted by Crippen LogP contribution is 2.35. The van der Waals surface area contributed by atoms with E-state index in [-0.39, 0.29) is 12.0 Å². The molecule has 2 atom stereocenters. The number of ether oxygens (including phenoxy) is 1. The van der Waals surface area contributed by atoms with Gasteiger partial charge in [-0.25, -0.2) is 4.98 Å². The van der Waals surface area contributed by atoms with E-state index in [2.05, 4.69) is 9.55 Å². The van der Waals surface area contributed by atoms with E-state index in [1.807, 2.05) is 13.1 Å². The maximum atomic E-state index is 11.7. The zero-order chi connectivity index (χ0) is 12.5. The fraction of sp³-hybridized carbons (Fsp3) is 0.667. The minimum atomic E-state index is -0.839. The number of methoxy groups -OCH3 is 1. The zero-order valence-corrected chi connectivity index (χ0v) is 10.3. The number of aromatic nitrogens is 2. The van der Waals surface area contributed by atoms with Crippen molar-refractivity contribution < 1.29 is 9.53 Å². The Morgan fingerprint density at radius 3 is 3.06 bits per heavy atom. The van der Waals surface area contributed by atoms with Crippen LogP contribution in [0.4, 0.5) is 0 Å². The SMILES string of the molecule is COC(=O)C1(N)CCCC(n2ccnc2C)C1. The van der Waals surface area contributed by atoms with Gasteiger partial charge in [-0.2, -0.15) is 0 Å². The Labute approximate surface area is 101 Å². The summed E-state index contributed by atoms with van der Waals surface area (Å²) < 4.78 is 6.90. The summed E-state index contributed by atoms with van der Waals surface area (Å²) >= 11 is 0. The van der Waals surface area contributed by atoms with Gasteiger partial charge in [-0.05, 0) is 32.6 Å². The molecule has 5 heteroatoms. The van der Waals surface area contributed by atoms with Gasteiger partial charge in [0, 0.05) is 18.4 Å². The second-order valence-electron chi connectivity index (χ2n) is 4.78. The van der Waals surface area contributed by atoms with Crippen molar-refractivity contribution in [1.29, 1.82) is 0 Å². The normalized spacial score (nSPS) is 29.0. The monoisotopic (exact) mass is 237 g/mol. The number of imidazole rings is 1. The Morgan fingerprint density at radius 2 is 2.47 bits per heavy atom. The molecule has 0 saturated heterocycles. The van der Waals surface area contributed by atoms with Crippen molar-refractivity contribution in [3.63, 3.8) is 0 Å². The molecule has 5 nitrogen and oxygen atoms in total. The summed E-state index contributed by atoms with van der Waals surface area (Å²) in [6.45, 7) is 1.96. The second kappa shape index (κ2) is 4.49. The Morgan fingerprint density at radius 1 is 1.71 bits per heavy atom. The standard InChI is InChI=1S/C12H19N3O2/c1-9-14-6-7-15(9)10-4-3-5-12(13,8-10)11(16)17-2/h6-7,10H,3-5,8,13H2,1-2H3. The van der Waals surface area contributed by atoms with Crippen molar-refractivity contribution in [2.24, 2.45) is 5.73 Å². The molecule has 17 heavy (non-hydrogen) atoms. The fourth-order valence-electron chi connectivity index (χ4n) is 2.68.